The van der Waals surface area contributed by atoms with Gasteiger partial charge in [-0.2, -0.15) is 0 Å². The fraction of sp³-hybridized carbons (Fsp3) is 0.250. The molecule has 94 valence electrons. The third-order valence-corrected chi connectivity index (χ3v) is 3.87. The minimum Gasteiger partial charge on any atom is -0.303 e. The molecule has 0 radical (unpaired) electrons. The Morgan fingerprint density at radius 2 is 1.28 bits per heavy atom. The van der Waals surface area contributed by atoms with Gasteiger partial charge in [-0.25, -0.2) is 0 Å². The van der Waals surface area contributed by atoms with Crippen molar-refractivity contribution in [3.05, 3.63) is 58.6 Å². The van der Waals surface area contributed by atoms with E-state index in [-0.39, 0.29) is 0 Å². The minimum absolute atomic E-state index is 0.448. The maximum atomic E-state index is 3.46. The second kappa shape index (κ2) is 5.68. The Balaban J connectivity index is 2.24. The van der Waals surface area contributed by atoms with Crippen LogP contribution in [0.2, 0.25) is 0 Å². The molecule has 0 saturated heterocycles. The zero-order valence-electron chi connectivity index (χ0n) is 11.0. The summed E-state index contributed by atoms with van der Waals surface area (Å²) in [5, 5.41) is 0. The zero-order valence-corrected chi connectivity index (χ0v) is 12.6. The fourth-order valence-corrected chi connectivity index (χ4v) is 2.16. The van der Waals surface area contributed by atoms with E-state index in [2.05, 4.69) is 90.4 Å². The number of hydrogen-bond acceptors (Lipinski definition) is 1. The first kappa shape index (κ1) is 13.3. The molecule has 2 aromatic carbocycles. The van der Waals surface area contributed by atoms with E-state index in [1.807, 2.05) is 0 Å². The highest BCUT2D eigenvalue weighted by Crippen LogP contribution is 2.24. The third-order valence-electron chi connectivity index (χ3n) is 3.35. The van der Waals surface area contributed by atoms with Crippen LogP contribution in [0.5, 0.6) is 0 Å². The van der Waals surface area contributed by atoms with E-state index in [0.29, 0.717) is 6.04 Å². The molecule has 0 aliphatic rings. The van der Waals surface area contributed by atoms with Crippen molar-refractivity contribution in [3.63, 3.8) is 0 Å². The van der Waals surface area contributed by atoms with Gasteiger partial charge in [0.05, 0.1) is 0 Å². The highest BCUT2D eigenvalue weighted by Gasteiger charge is 2.07. The Morgan fingerprint density at radius 3 is 1.72 bits per heavy atom. The zero-order chi connectivity index (χ0) is 13.1. The molecule has 0 bridgehead atoms. The van der Waals surface area contributed by atoms with Crippen molar-refractivity contribution in [1.82, 2.24) is 4.90 Å². The summed E-state index contributed by atoms with van der Waals surface area (Å²) in [6, 6.07) is 17.7. The molecule has 2 heteroatoms. The van der Waals surface area contributed by atoms with Crippen LogP contribution < -0.4 is 0 Å². The first-order valence-corrected chi connectivity index (χ1v) is 6.89. The van der Waals surface area contributed by atoms with Gasteiger partial charge in [0.1, 0.15) is 0 Å². The van der Waals surface area contributed by atoms with Gasteiger partial charge in [-0.05, 0) is 49.8 Å². The van der Waals surface area contributed by atoms with Crippen molar-refractivity contribution < 1.29 is 0 Å². The molecule has 0 N–H and O–H groups in total. The van der Waals surface area contributed by atoms with Crippen LogP contribution in [-0.2, 0) is 0 Å². The number of halogens is 1. The van der Waals surface area contributed by atoms with Crippen molar-refractivity contribution in [3.8, 4) is 11.1 Å². The summed E-state index contributed by atoms with van der Waals surface area (Å²) in [5.74, 6) is 0. The lowest BCUT2D eigenvalue weighted by Crippen LogP contribution is -2.16. The average Bonchev–Trinajstić information content (AvgIpc) is 2.39. The molecule has 1 nitrogen and oxygen atoms in total. The van der Waals surface area contributed by atoms with Crippen LogP contribution in [0.3, 0.4) is 0 Å². The van der Waals surface area contributed by atoms with Crippen LogP contribution >= 0.6 is 15.9 Å². The Hall–Kier alpha value is -1.12. The van der Waals surface area contributed by atoms with Gasteiger partial charge >= 0.3 is 0 Å². The molecule has 0 unspecified atom stereocenters. The number of benzene rings is 2. The van der Waals surface area contributed by atoms with Crippen LogP contribution in [0.15, 0.2) is 53.0 Å². The summed E-state index contributed by atoms with van der Waals surface area (Å²) in [6.07, 6.45) is 0. The highest BCUT2D eigenvalue weighted by molar-refractivity contribution is 9.10. The molecular formula is C16H18BrN. The smallest absolute Gasteiger partial charge is 0.0313 e. The molecule has 0 amide bonds. The van der Waals surface area contributed by atoms with E-state index in [1.165, 1.54) is 16.7 Å². The van der Waals surface area contributed by atoms with Crippen molar-refractivity contribution in [1.29, 1.82) is 0 Å². The molecular weight excluding hydrogens is 286 g/mol. The Morgan fingerprint density at radius 1 is 0.833 bits per heavy atom. The highest BCUT2D eigenvalue weighted by atomic mass is 79.9. The minimum atomic E-state index is 0.448. The summed E-state index contributed by atoms with van der Waals surface area (Å²) in [7, 11) is 4.21. The summed E-state index contributed by atoms with van der Waals surface area (Å²) >= 11 is 3.46. The van der Waals surface area contributed by atoms with E-state index in [9.17, 15) is 0 Å². The lowest BCUT2D eigenvalue weighted by Gasteiger charge is -2.20. The van der Waals surface area contributed by atoms with E-state index < -0.39 is 0 Å². The Labute approximate surface area is 118 Å². The summed E-state index contributed by atoms with van der Waals surface area (Å²) < 4.78 is 1.11. The molecule has 1 atom stereocenters. The quantitative estimate of drug-likeness (QED) is 0.791. The van der Waals surface area contributed by atoms with Gasteiger partial charge in [-0.1, -0.05) is 52.3 Å². The van der Waals surface area contributed by atoms with Crippen LogP contribution in [0.4, 0.5) is 0 Å². The monoisotopic (exact) mass is 303 g/mol. The van der Waals surface area contributed by atoms with Crippen molar-refractivity contribution in [2.24, 2.45) is 0 Å². The molecule has 0 aliphatic heterocycles. The van der Waals surface area contributed by atoms with E-state index in [0.717, 1.165) is 4.47 Å². The lowest BCUT2D eigenvalue weighted by molar-refractivity contribution is 0.321. The molecule has 0 fully saturated rings. The van der Waals surface area contributed by atoms with Crippen molar-refractivity contribution in [2.75, 3.05) is 14.1 Å². The van der Waals surface area contributed by atoms with Crippen LogP contribution in [0.1, 0.15) is 18.5 Å². The van der Waals surface area contributed by atoms with Gasteiger partial charge in [-0.3, -0.25) is 0 Å². The van der Waals surface area contributed by atoms with Gasteiger partial charge in [0.25, 0.3) is 0 Å². The first-order valence-electron chi connectivity index (χ1n) is 6.10. The van der Waals surface area contributed by atoms with Gasteiger partial charge in [0.15, 0.2) is 0 Å². The predicted molar refractivity (Wildman–Crippen MR) is 81.7 cm³/mol. The Bertz CT molecular complexity index is 500. The molecule has 0 aromatic heterocycles. The molecule has 0 heterocycles. The molecule has 0 aliphatic carbocycles. The van der Waals surface area contributed by atoms with Gasteiger partial charge < -0.3 is 4.90 Å². The second-order valence-electron chi connectivity index (χ2n) is 4.77. The number of hydrogen-bond donors (Lipinski definition) is 0. The average molecular weight is 304 g/mol. The third kappa shape index (κ3) is 3.01. The largest absolute Gasteiger partial charge is 0.303 e. The normalized spacial score (nSPS) is 12.7. The molecule has 2 aromatic rings. The van der Waals surface area contributed by atoms with E-state index >= 15 is 0 Å². The summed E-state index contributed by atoms with van der Waals surface area (Å²) in [5.41, 5.74) is 3.86. The van der Waals surface area contributed by atoms with Crippen LogP contribution in [0, 0.1) is 0 Å². The predicted octanol–water partition coefficient (Wildman–Crippen LogP) is 4.74. The molecule has 2 rings (SSSR count). The van der Waals surface area contributed by atoms with Crippen molar-refractivity contribution >= 4 is 15.9 Å². The summed E-state index contributed by atoms with van der Waals surface area (Å²) in [4.78, 5) is 2.22. The van der Waals surface area contributed by atoms with Gasteiger partial charge in [0.2, 0.25) is 0 Å². The van der Waals surface area contributed by atoms with E-state index in [1.54, 1.807) is 0 Å². The topological polar surface area (TPSA) is 3.24 Å². The lowest BCUT2D eigenvalue weighted by atomic mass is 10.0. The molecule has 18 heavy (non-hydrogen) atoms. The summed E-state index contributed by atoms with van der Waals surface area (Å²) in [6.45, 7) is 2.22. The van der Waals surface area contributed by atoms with Crippen LogP contribution in [0.25, 0.3) is 11.1 Å². The number of nitrogens with zero attached hydrogens (tertiary/aromatic N) is 1. The van der Waals surface area contributed by atoms with Crippen molar-refractivity contribution in [2.45, 2.75) is 13.0 Å². The SMILES string of the molecule is C[C@H](c1ccc(-c2ccc(Br)cc2)cc1)N(C)C. The molecule has 0 spiro atoms. The first-order chi connectivity index (χ1) is 8.58. The van der Waals surface area contributed by atoms with Gasteiger partial charge in [-0.15, -0.1) is 0 Å². The van der Waals surface area contributed by atoms with Crippen LogP contribution in [-0.4, -0.2) is 19.0 Å². The fourth-order valence-electron chi connectivity index (χ4n) is 1.89. The molecule has 0 saturated carbocycles. The maximum Gasteiger partial charge on any atom is 0.0313 e. The second-order valence-corrected chi connectivity index (χ2v) is 5.68. The van der Waals surface area contributed by atoms with E-state index in [4.69, 9.17) is 0 Å². The Kier molecular flexibility index (Phi) is 4.20. The number of rotatable bonds is 3. The standard InChI is InChI=1S/C16H18BrN/c1-12(18(2)3)13-4-6-14(7-5-13)15-8-10-16(17)11-9-15/h4-12H,1-3H3/t12-/m1/s1. The maximum absolute atomic E-state index is 3.46. The van der Waals surface area contributed by atoms with Gasteiger partial charge in [0, 0.05) is 10.5 Å².